The number of ether oxygens (including phenoxy) is 5. The van der Waals surface area contributed by atoms with Crippen molar-refractivity contribution in [1.29, 1.82) is 0 Å². The summed E-state index contributed by atoms with van der Waals surface area (Å²) in [6.07, 6.45) is 1.01. The van der Waals surface area contributed by atoms with Crippen LogP contribution in [0, 0.1) is 0 Å². The van der Waals surface area contributed by atoms with E-state index < -0.39 is 18.5 Å². The van der Waals surface area contributed by atoms with E-state index in [-0.39, 0.29) is 37.3 Å². The average molecular weight is 500 g/mol. The first-order valence-corrected chi connectivity index (χ1v) is 11.6. The van der Waals surface area contributed by atoms with Gasteiger partial charge in [-0.2, -0.15) is 0 Å². The van der Waals surface area contributed by atoms with E-state index in [4.69, 9.17) is 23.7 Å². The number of amides is 1. The zero-order valence-corrected chi connectivity index (χ0v) is 21.0. The van der Waals surface area contributed by atoms with Crippen LogP contribution in [0.1, 0.15) is 39.4 Å². The van der Waals surface area contributed by atoms with Crippen LogP contribution in [0.4, 0.5) is 0 Å². The summed E-state index contributed by atoms with van der Waals surface area (Å²) in [5.74, 6) is -0.760. The van der Waals surface area contributed by atoms with Crippen molar-refractivity contribution in [2.24, 2.45) is 0 Å². The molecule has 1 amide bonds. The minimum atomic E-state index is -0.675. The first-order valence-electron chi connectivity index (χ1n) is 11.6. The summed E-state index contributed by atoms with van der Waals surface area (Å²) in [5, 5.41) is 9.24. The fourth-order valence-corrected chi connectivity index (χ4v) is 3.80. The lowest BCUT2D eigenvalue weighted by Gasteiger charge is -2.31. The Morgan fingerprint density at radius 2 is 1.67 bits per heavy atom. The van der Waals surface area contributed by atoms with Crippen molar-refractivity contribution < 1.29 is 38.4 Å². The van der Waals surface area contributed by atoms with E-state index in [1.165, 1.54) is 26.2 Å². The van der Waals surface area contributed by atoms with Crippen molar-refractivity contribution in [3.05, 3.63) is 82.6 Å². The molecule has 0 saturated heterocycles. The molecule has 2 atom stereocenters. The molecule has 9 heteroatoms. The number of aliphatic hydroxyl groups excluding tert-OH is 1. The number of benzene rings is 2. The van der Waals surface area contributed by atoms with Gasteiger partial charge in [0.25, 0.3) is 5.91 Å². The molecule has 36 heavy (non-hydrogen) atoms. The zero-order valence-electron chi connectivity index (χ0n) is 21.0. The van der Waals surface area contributed by atoms with Crippen molar-refractivity contribution in [2.75, 3.05) is 34.9 Å². The summed E-state index contributed by atoms with van der Waals surface area (Å²) in [6.45, 7) is 0.463. The lowest BCUT2D eigenvalue weighted by molar-refractivity contribution is -0.160. The fourth-order valence-electron chi connectivity index (χ4n) is 3.80. The number of carbonyl (C=O) groups is 2. The maximum Gasteiger partial charge on any atom is 0.337 e. The molecule has 194 valence electrons. The van der Waals surface area contributed by atoms with Crippen LogP contribution < -0.4 is 0 Å². The molecule has 3 rings (SSSR count). The first-order chi connectivity index (χ1) is 17.4. The number of esters is 1. The molecule has 0 fully saturated rings. The average Bonchev–Trinajstić information content (AvgIpc) is 2.93. The smallest absolute Gasteiger partial charge is 0.337 e. The molecular weight excluding hydrogens is 466 g/mol. The van der Waals surface area contributed by atoms with Gasteiger partial charge in [-0.3, -0.25) is 4.79 Å². The highest BCUT2D eigenvalue weighted by Crippen LogP contribution is 2.32. The highest BCUT2D eigenvalue weighted by Gasteiger charge is 2.31. The number of hydrogen-bond acceptors (Lipinski definition) is 8. The van der Waals surface area contributed by atoms with E-state index >= 15 is 0 Å². The zero-order chi connectivity index (χ0) is 26.1. The van der Waals surface area contributed by atoms with Crippen LogP contribution >= 0.6 is 0 Å². The van der Waals surface area contributed by atoms with Gasteiger partial charge in [-0.1, -0.05) is 36.4 Å². The number of nitrogens with zero attached hydrogens (tertiary/aromatic N) is 1. The van der Waals surface area contributed by atoms with Crippen molar-refractivity contribution in [3.8, 4) is 0 Å². The van der Waals surface area contributed by atoms with Gasteiger partial charge in [0.15, 0.2) is 12.0 Å². The molecule has 2 aromatic rings. The third-order valence-electron chi connectivity index (χ3n) is 5.96. The number of aliphatic hydroxyl groups is 1. The molecule has 1 aliphatic heterocycles. The molecule has 0 spiro atoms. The van der Waals surface area contributed by atoms with Crippen molar-refractivity contribution >= 4 is 11.9 Å². The van der Waals surface area contributed by atoms with Crippen molar-refractivity contribution in [2.45, 2.75) is 38.1 Å². The highest BCUT2D eigenvalue weighted by atomic mass is 16.7. The van der Waals surface area contributed by atoms with Crippen LogP contribution in [-0.4, -0.2) is 69.4 Å². The number of hydrogen-bond donors (Lipinski definition) is 1. The molecular formula is C27H33NO8. The van der Waals surface area contributed by atoms with Gasteiger partial charge in [0.1, 0.15) is 0 Å². The largest absolute Gasteiger partial charge is 0.465 e. The lowest BCUT2D eigenvalue weighted by Crippen LogP contribution is -2.39. The third-order valence-corrected chi connectivity index (χ3v) is 5.96. The minimum Gasteiger partial charge on any atom is -0.465 e. The van der Waals surface area contributed by atoms with Gasteiger partial charge < -0.3 is 33.7 Å². The summed E-state index contributed by atoms with van der Waals surface area (Å²) in [5.41, 5.74) is 3.08. The van der Waals surface area contributed by atoms with Crippen LogP contribution in [-0.2, 0) is 41.7 Å². The normalized spacial score (nSPS) is 17.3. The van der Waals surface area contributed by atoms with Gasteiger partial charge in [0.05, 0.1) is 32.4 Å². The monoisotopic (exact) mass is 499 g/mol. The Kier molecular flexibility index (Phi) is 10.0. The van der Waals surface area contributed by atoms with Gasteiger partial charge in [0, 0.05) is 33.6 Å². The Labute approximate surface area is 211 Å². The van der Waals surface area contributed by atoms with E-state index in [9.17, 15) is 14.7 Å². The number of allylic oxidation sites excluding steroid dienone is 1. The van der Waals surface area contributed by atoms with E-state index in [1.807, 2.05) is 36.4 Å². The van der Waals surface area contributed by atoms with Crippen LogP contribution in [0.5, 0.6) is 0 Å². The topological polar surface area (TPSA) is 104 Å². The maximum absolute atomic E-state index is 13.2. The van der Waals surface area contributed by atoms with Crippen LogP contribution in [0.15, 0.2) is 60.4 Å². The Balaban J connectivity index is 1.79. The second kappa shape index (κ2) is 13.2. The van der Waals surface area contributed by atoms with E-state index in [0.717, 1.165) is 16.7 Å². The Hall–Kier alpha value is -3.24. The number of likely N-dealkylation sites (N-methyl/N-ethyl adjacent to an activating group) is 1. The van der Waals surface area contributed by atoms with Gasteiger partial charge in [-0.05, 0) is 34.9 Å². The molecule has 0 radical (unpaired) electrons. The third kappa shape index (κ3) is 7.14. The quantitative estimate of drug-likeness (QED) is 0.372. The molecule has 0 unspecified atom stereocenters. The van der Waals surface area contributed by atoms with Crippen molar-refractivity contribution in [1.82, 2.24) is 4.90 Å². The summed E-state index contributed by atoms with van der Waals surface area (Å²) < 4.78 is 27.2. The van der Waals surface area contributed by atoms with Crippen LogP contribution in [0.25, 0.3) is 0 Å². The predicted molar refractivity (Wildman–Crippen MR) is 131 cm³/mol. The molecule has 2 aromatic carbocycles. The van der Waals surface area contributed by atoms with E-state index in [1.54, 1.807) is 25.3 Å². The molecule has 0 aliphatic carbocycles. The van der Waals surface area contributed by atoms with E-state index in [2.05, 4.69) is 0 Å². The number of rotatable bonds is 11. The lowest BCUT2D eigenvalue weighted by atomic mass is 9.92. The Morgan fingerprint density at radius 3 is 2.25 bits per heavy atom. The molecule has 0 saturated carbocycles. The summed E-state index contributed by atoms with van der Waals surface area (Å²) in [7, 11) is 6.00. The highest BCUT2D eigenvalue weighted by molar-refractivity contribution is 5.91. The van der Waals surface area contributed by atoms with Gasteiger partial charge >= 0.3 is 5.97 Å². The minimum absolute atomic E-state index is 0.0277. The van der Waals surface area contributed by atoms with Crippen molar-refractivity contribution in [3.63, 3.8) is 0 Å². The van der Waals surface area contributed by atoms with Gasteiger partial charge in [-0.25, -0.2) is 4.79 Å². The second-order valence-corrected chi connectivity index (χ2v) is 8.41. The standard InChI is InChI=1S/C27H33NO8/c1-28(15-25(32-2)33-3)26(30)23-13-22(20-9-11-21(12-10-20)27(31)34-4)14-24(36-23)35-17-19-7-5-18(16-29)6-8-19/h5-13,22,24-25,29H,14-17H2,1-4H3/t22-,24+/m0/s1. The second-order valence-electron chi connectivity index (χ2n) is 8.41. The molecule has 0 bridgehead atoms. The predicted octanol–water partition coefficient (Wildman–Crippen LogP) is 2.97. The molecule has 1 N–H and O–H groups in total. The van der Waals surface area contributed by atoms with E-state index in [0.29, 0.717) is 12.0 Å². The summed E-state index contributed by atoms with van der Waals surface area (Å²) in [6, 6.07) is 14.5. The van der Waals surface area contributed by atoms with Gasteiger partial charge in [-0.15, -0.1) is 0 Å². The first kappa shape index (κ1) is 27.3. The van der Waals surface area contributed by atoms with Crippen LogP contribution in [0.2, 0.25) is 0 Å². The number of carbonyl (C=O) groups excluding carboxylic acids is 2. The summed E-state index contributed by atoms with van der Waals surface area (Å²) in [4.78, 5) is 26.5. The summed E-state index contributed by atoms with van der Waals surface area (Å²) >= 11 is 0. The Bertz CT molecular complexity index is 1030. The molecule has 1 heterocycles. The molecule has 1 aliphatic rings. The Morgan fingerprint density at radius 1 is 1.03 bits per heavy atom. The molecule has 0 aromatic heterocycles. The maximum atomic E-state index is 13.2. The molecule has 9 nitrogen and oxygen atoms in total. The fraction of sp³-hybridized carbons (Fsp3) is 0.407. The number of methoxy groups -OCH3 is 3. The van der Waals surface area contributed by atoms with Gasteiger partial charge in [0.2, 0.25) is 6.29 Å². The SMILES string of the molecule is COC(=O)c1ccc([C@H]2C=C(C(=O)N(C)CC(OC)OC)O[C@@H](OCc3ccc(CO)cc3)C2)cc1. The van der Waals surface area contributed by atoms with Crippen LogP contribution in [0.3, 0.4) is 0 Å².